The van der Waals surface area contributed by atoms with Crippen molar-refractivity contribution < 1.29 is 50.1 Å². The molecule has 1 amide bonds. The van der Waals surface area contributed by atoms with Gasteiger partial charge in [0.05, 0.1) is 19.3 Å². The molecule has 2 saturated heterocycles. The number of nitrogens with zero attached hydrogens (tertiary/aromatic N) is 2. The van der Waals surface area contributed by atoms with Crippen LogP contribution in [0.25, 0.3) is 0 Å². The summed E-state index contributed by atoms with van der Waals surface area (Å²) in [6, 6.07) is 7.32. The van der Waals surface area contributed by atoms with Gasteiger partial charge in [0.2, 0.25) is 0 Å². The van der Waals surface area contributed by atoms with Crippen LogP contribution in [0.4, 0.5) is 26.3 Å². The van der Waals surface area contributed by atoms with E-state index in [-0.39, 0.29) is 49.1 Å². The quantitative estimate of drug-likeness (QED) is 0.539. The second kappa shape index (κ2) is 9.43. The second-order valence-corrected chi connectivity index (χ2v) is 8.38. The Morgan fingerprint density at radius 1 is 1.17 bits per heavy atom. The first-order valence-corrected chi connectivity index (χ1v) is 10.9. The average molecular weight is 520 g/mol. The first-order valence-electron chi connectivity index (χ1n) is 10.9. The predicted molar refractivity (Wildman–Crippen MR) is 111 cm³/mol. The highest BCUT2D eigenvalue weighted by molar-refractivity contribution is 5.95. The maximum atomic E-state index is 13.2. The zero-order chi connectivity index (χ0) is 26.3. The monoisotopic (exact) mass is 520 g/mol. The minimum Gasteiger partial charge on any atom is -0.493 e. The van der Waals surface area contributed by atoms with Crippen molar-refractivity contribution >= 4 is 5.91 Å². The molecule has 1 aromatic heterocycles. The topological polar surface area (TPSA) is 70.1 Å². The van der Waals surface area contributed by atoms with Crippen LogP contribution in [0.2, 0.25) is 0 Å². The second-order valence-electron chi connectivity index (χ2n) is 8.38. The fourth-order valence-electron chi connectivity index (χ4n) is 4.19. The van der Waals surface area contributed by atoms with E-state index >= 15 is 0 Å². The lowest BCUT2D eigenvalue weighted by Crippen LogP contribution is -2.54. The van der Waals surface area contributed by atoms with E-state index in [1.807, 2.05) is 0 Å². The van der Waals surface area contributed by atoms with Gasteiger partial charge in [0, 0.05) is 18.5 Å². The van der Waals surface area contributed by atoms with Gasteiger partial charge in [-0.05, 0) is 37.3 Å². The lowest BCUT2D eigenvalue weighted by molar-refractivity contribution is -0.189. The van der Waals surface area contributed by atoms with Gasteiger partial charge >= 0.3 is 12.4 Å². The first-order chi connectivity index (χ1) is 16.8. The summed E-state index contributed by atoms with van der Waals surface area (Å²) < 4.78 is 99.5. The highest BCUT2D eigenvalue weighted by Gasteiger charge is 2.53. The summed E-state index contributed by atoms with van der Waals surface area (Å²) in [5.74, 6) is -0.707. The van der Waals surface area contributed by atoms with E-state index in [0.717, 1.165) is 13.0 Å². The van der Waals surface area contributed by atoms with Gasteiger partial charge < -0.3 is 23.8 Å². The number of amides is 1. The minimum absolute atomic E-state index is 0.00241. The summed E-state index contributed by atoms with van der Waals surface area (Å²) in [5, 5.41) is 0. The Kier molecular flexibility index (Phi) is 6.82. The van der Waals surface area contributed by atoms with Crippen molar-refractivity contribution in [1.82, 2.24) is 9.88 Å². The summed E-state index contributed by atoms with van der Waals surface area (Å²) in [6.07, 6.45) is -12.0. The van der Waals surface area contributed by atoms with E-state index in [1.165, 1.54) is 42.3 Å². The third-order valence-electron chi connectivity index (χ3n) is 6.18. The Balaban J connectivity index is 1.53. The van der Waals surface area contributed by atoms with Crippen molar-refractivity contribution in [3.8, 4) is 11.5 Å². The standard InChI is InChI=1S/C23H22F6N2O5/c1-13(22(24,25)26)36-15-7-6-14(10-16(15)33-2)20(32)31-9-8-21(19(11-31)34-12-35-21)17-4-3-5-18(30-17)23(27,28)29/h3-7,10,13,19H,8-9,11-12H2,1-2H3/t13?,19-,21-/m1/s1. The SMILES string of the molecule is COc1cc(C(=O)N2CC[C@]3(c4cccc(C(F)(F)F)n4)OCO[C@@H]3C2)ccc1OC(C)C(F)(F)F. The van der Waals surface area contributed by atoms with E-state index in [1.54, 1.807) is 0 Å². The molecule has 13 heteroatoms. The molecule has 1 aromatic carbocycles. The first kappa shape index (κ1) is 26.0. The number of carbonyl (C=O) groups excluding carboxylic acids is 1. The van der Waals surface area contributed by atoms with Gasteiger partial charge in [-0.2, -0.15) is 26.3 Å². The molecule has 2 aromatic rings. The molecule has 7 nitrogen and oxygen atoms in total. The summed E-state index contributed by atoms with van der Waals surface area (Å²) in [5.41, 5.74) is -2.12. The molecule has 3 atom stereocenters. The molecule has 0 N–H and O–H groups in total. The third kappa shape index (κ3) is 4.94. The Morgan fingerprint density at radius 2 is 1.92 bits per heavy atom. The molecule has 2 fully saturated rings. The van der Waals surface area contributed by atoms with Gasteiger partial charge in [0.1, 0.15) is 24.2 Å². The minimum atomic E-state index is -4.63. The molecule has 3 heterocycles. The van der Waals surface area contributed by atoms with E-state index in [9.17, 15) is 31.1 Å². The maximum absolute atomic E-state index is 13.2. The van der Waals surface area contributed by atoms with Crippen molar-refractivity contribution in [1.29, 1.82) is 0 Å². The largest absolute Gasteiger partial charge is 0.493 e. The van der Waals surface area contributed by atoms with Crippen LogP contribution in [0.3, 0.4) is 0 Å². The zero-order valence-electron chi connectivity index (χ0n) is 19.2. The number of pyridine rings is 1. The number of methoxy groups -OCH3 is 1. The summed E-state index contributed by atoms with van der Waals surface area (Å²) in [4.78, 5) is 18.4. The van der Waals surface area contributed by atoms with Crippen molar-refractivity contribution in [2.45, 2.75) is 43.5 Å². The third-order valence-corrected chi connectivity index (χ3v) is 6.18. The van der Waals surface area contributed by atoms with Crippen LogP contribution in [0.15, 0.2) is 36.4 Å². The lowest BCUT2D eigenvalue weighted by atomic mass is 9.84. The van der Waals surface area contributed by atoms with Gasteiger partial charge in [0.15, 0.2) is 17.6 Å². The Morgan fingerprint density at radius 3 is 2.58 bits per heavy atom. The maximum Gasteiger partial charge on any atom is 0.433 e. The summed E-state index contributed by atoms with van der Waals surface area (Å²) >= 11 is 0. The number of likely N-dealkylation sites (tertiary alicyclic amines) is 1. The van der Waals surface area contributed by atoms with Gasteiger partial charge in [-0.15, -0.1) is 0 Å². The van der Waals surface area contributed by atoms with Crippen LogP contribution < -0.4 is 9.47 Å². The molecular weight excluding hydrogens is 498 g/mol. The smallest absolute Gasteiger partial charge is 0.433 e. The number of rotatable bonds is 5. The Labute approximate surface area is 201 Å². The molecule has 2 aliphatic rings. The van der Waals surface area contributed by atoms with Crippen LogP contribution >= 0.6 is 0 Å². The van der Waals surface area contributed by atoms with E-state index in [0.29, 0.717) is 0 Å². The zero-order valence-corrected chi connectivity index (χ0v) is 19.2. The number of ether oxygens (including phenoxy) is 4. The molecule has 36 heavy (non-hydrogen) atoms. The molecule has 0 saturated carbocycles. The number of hydrogen-bond acceptors (Lipinski definition) is 6. The molecule has 0 spiro atoms. The van der Waals surface area contributed by atoms with Crippen molar-refractivity contribution in [2.24, 2.45) is 0 Å². The molecule has 0 aliphatic carbocycles. The number of halogens is 6. The fraction of sp³-hybridized carbons (Fsp3) is 0.478. The highest BCUT2D eigenvalue weighted by Crippen LogP contribution is 2.43. The van der Waals surface area contributed by atoms with Gasteiger partial charge in [-0.1, -0.05) is 6.07 Å². The van der Waals surface area contributed by atoms with Crippen molar-refractivity contribution in [3.63, 3.8) is 0 Å². The molecule has 1 unspecified atom stereocenters. The number of carbonyl (C=O) groups is 1. The van der Waals surface area contributed by atoms with E-state index in [4.69, 9.17) is 18.9 Å². The molecule has 2 aliphatic heterocycles. The number of fused-ring (bicyclic) bond motifs is 1. The molecule has 4 rings (SSSR count). The Hall–Kier alpha value is -3.06. The molecule has 196 valence electrons. The average Bonchev–Trinajstić information content (AvgIpc) is 3.27. The van der Waals surface area contributed by atoms with Crippen molar-refractivity contribution in [2.75, 3.05) is 27.0 Å². The fourth-order valence-corrected chi connectivity index (χ4v) is 4.19. The number of alkyl halides is 6. The van der Waals surface area contributed by atoms with Gasteiger partial charge in [-0.25, -0.2) is 4.98 Å². The van der Waals surface area contributed by atoms with Crippen LogP contribution in [-0.4, -0.2) is 61.2 Å². The molecule has 0 bridgehead atoms. The van der Waals surface area contributed by atoms with Crippen LogP contribution in [-0.2, 0) is 21.3 Å². The van der Waals surface area contributed by atoms with Gasteiger partial charge in [-0.3, -0.25) is 4.79 Å². The van der Waals surface area contributed by atoms with E-state index in [2.05, 4.69) is 4.98 Å². The van der Waals surface area contributed by atoms with Crippen LogP contribution in [0.5, 0.6) is 11.5 Å². The summed E-state index contributed by atoms with van der Waals surface area (Å²) in [6.45, 7) is 0.786. The van der Waals surface area contributed by atoms with Crippen LogP contribution in [0, 0.1) is 0 Å². The molecule has 0 radical (unpaired) electrons. The number of benzene rings is 1. The van der Waals surface area contributed by atoms with Crippen molar-refractivity contribution in [3.05, 3.63) is 53.3 Å². The number of aromatic nitrogens is 1. The number of piperidine rings is 1. The van der Waals surface area contributed by atoms with Gasteiger partial charge in [0.25, 0.3) is 5.91 Å². The number of hydrogen-bond donors (Lipinski definition) is 0. The highest BCUT2D eigenvalue weighted by atomic mass is 19.4. The lowest BCUT2D eigenvalue weighted by Gasteiger charge is -2.41. The predicted octanol–water partition coefficient (Wildman–Crippen LogP) is 4.55. The summed E-state index contributed by atoms with van der Waals surface area (Å²) in [7, 11) is 1.23. The van der Waals surface area contributed by atoms with Crippen LogP contribution in [0.1, 0.15) is 35.1 Å². The Bertz CT molecular complexity index is 1120. The molecular formula is C23H22F6N2O5. The van der Waals surface area contributed by atoms with E-state index < -0.39 is 41.8 Å². The normalized spacial score (nSPS) is 23.2.